The van der Waals surface area contributed by atoms with Crippen LogP contribution in [0.15, 0.2) is 285 Å². The molecule has 2 aliphatic rings. The van der Waals surface area contributed by atoms with Crippen LogP contribution in [0.25, 0.3) is 60.5 Å². The molecule has 0 spiro atoms. The van der Waals surface area contributed by atoms with Gasteiger partial charge in [0.25, 0.3) is 0 Å². The molecular formula is C68H50N2. The summed E-state index contributed by atoms with van der Waals surface area (Å²) in [4.78, 5) is 0. The normalized spacial score (nSPS) is 17.3. The second-order valence-corrected chi connectivity index (χ2v) is 19.2. The van der Waals surface area contributed by atoms with Gasteiger partial charge in [-0.05, 0) is 126 Å². The minimum atomic E-state index is -0.647. The van der Waals surface area contributed by atoms with E-state index >= 15 is 0 Å². The van der Waals surface area contributed by atoms with Gasteiger partial charge in [-0.2, -0.15) is 0 Å². The molecule has 2 heteroatoms. The van der Waals surface area contributed by atoms with Crippen LogP contribution in [0, 0.1) is 0 Å². The van der Waals surface area contributed by atoms with Gasteiger partial charge >= 0.3 is 0 Å². The maximum Gasteiger partial charge on any atom is 0.0684 e. The van der Waals surface area contributed by atoms with E-state index in [1.54, 1.807) is 0 Å². The SMILES string of the molecule is CC1(c2ccccc2)C=C(N(c2ccc(-c3cccc4ccccc34)cc2)n2ccc(-c3ccccc3)c2)C2=C(C1)C(c1ccccc1)(c1ccc3ccccc3c1)c1cc(-c3ccccc3)ccc12. The number of hydrogen-bond acceptors (Lipinski definition) is 1. The fourth-order valence-corrected chi connectivity index (χ4v) is 11.8. The summed E-state index contributed by atoms with van der Waals surface area (Å²) < 4.78 is 2.32. The Bertz CT molecular complexity index is 3790. The van der Waals surface area contributed by atoms with E-state index in [0.29, 0.717) is 0 Å². The number of anilines is 1. The van der Waals surface area contributed by atoms with Gasteiger partial charge in [-0.1, -0.05) is 231 Å². The van der Waals surface area contributed by atoms with Crippen LogP contribution >= 0.6 is 0 Å². The molecule has 0 N–H and O–H groups in total. The van der Waals surface area contributed by atoms with Crippen LogP contribution in [-0.4, -0.2) is 4.68 Å². The Morgan fingerprint density at radius 3 is 1.74 bits per heavy atom. The van der Waals surface area contributed by atoms with E-state index in [2.05, 4.69) is 290 Å². The predicted molar refractivity (Wildman–Crippen MR) is 293 cm³/mol. The molecule has 0 aliphatic heterocycles. The number of aromatic nitrogens is 1. The van der Waals surface area contributed by atoms with Gasteiger partial charge in [0, 0.05) is 28.9 Å². The molecular weight excluding hydrogens is 845 g/mol. The number of rotatable bonds is 9. The Labute approximate surface area is 410 Å². The van der Waals surface area contributed by atoms with E-state index in [1.165, 1.54) is 88.3 Å². The average Bonchev–Trinajstić information content (AvgIpc) is 4.03. The van der Waals surface area contributed by atoms with Crippen molar-refractivity contribution in [1.82, 2.24) is 4.68 Å². The molecule has 0 fully saturated rings. The molecule has 13 rings (SSSR count). The molecule has 0 saturated carbocycles. The van der Waals surface area contributed by atoms with Crippen LogP contribution < -0.4 is 5.01 Å². The highest BCUT2D eigenvalue weighted by molar-refractivity contribution is 5.99. The summed E-state index contributed by atoms with van der Waals surface area (Å²) in [5, 5.41) is 7.43. The van der Waals surface area contributed by atoms with E-state index < -0.39 is 10.8 Å². The number of fused-ring (bicyclic) bond motifs is 4. The highest BCUT2D eigenvalue weighted by Crippen LogP contribution is 2.62. The van der Waals surface area contributed by atoms with Gasteiger partial charge in [0.2, 0.25) is 0 Å². The van der Waals surface area contributed by atoms with Crippen LogP contribution in [0.5, 0.6) is 0 Å². The molecule has 2 atom stereocenters. The average molecular weight is 895 g/mol. The lowest BCUT2D eigenvalue weighted by atomic mass is 9.61. The predicted octanol–water partition coefficient (Wildman–Crippen LogP) is 17.1. The fourth-order valence-electron chi connectivity index (χ4n) is 11.8. The highest BCUT2D eigenvalue weighted by atomic mass is 15.5. The van der Waals surface area contributed by atoms with Crippen molar-refractivity contribution in [3.05, 3.63) is 312 Å². The summed E-state index contributed by atoms with van der Waals surface area (Å²) in [6, 6.07) is 94.2. The zero-order valence-electron chi connectivity index (χ0n) is 39.1. The quantitative estimate of drug-likeness (QED) is 0.140. The van der Waals surface area contributed by atoms with Crippen molar-refractivity contribution < 1.29 is 0 Å². The third-order valence-corrected chi connectivity index (χ3v) is 15.1. The number of hydrogen-bond donors (Lipinski definition) is 0. The maximum atomic E-state index is 2.58. The monoisotopic (exact) mass is 894 g/mol. The first-order chi connectivity index (χ1) is 34.5. The summed E-state index contributed by atoms with van der Waals surface area (Å²) in [5.41, 5.74) is 17.3. The summed E-state index contributed by atoms with van der Waals surface area (Å²) >= 11 is 0. The number of benzene rings is 10. The van der Waals surface area contributed by atoms with Gasteiger partial charge in [0.15, 0.2) is 0 Å². The summed E-state index contributed by atoms with van der Waals surface area (Å²) in [7, 11) is 0. The van der Waals surface area contributed by atoms with E-state index in [9.17, 15) is 0 Å². The van der Waals surface area contributed by atoms with E-state index in [0.717, 1.165) is 23.4 Å². The van der Waals surface area contributed by atoms with Crippen LogP contribution in [0.2, 0.25) is 0 Å². The lowest BCUT2D eigenvalue weighted by Crippen LogP contribution is -2.37. The van der Waals surface area contributed by atoms with Crippen molar-refractivity contribution in [1.29, 1.82) is 0 Å². The molecule has 10 aromatic carbocycles. The lowest BCUT2D eigenvalue weighted by Gasteiger charge is -2.43. The van der Waals surface area contributed by atoms with Crippen molar-refractivity contribution in [2.75, 3.05) is 5.01 Å². The van der Waals surface area contributed by atoms with E-state index in [-0.39, 0.29) is 0 Å². The number of nitrogens with zero attached hydrogens (tertiary/aromatic N) is 2. The molecule has 2 aliphatic carbocycles. The van der Waals surface area contributed by atoms with Gasteiger partial charge in [-0.3, -0.25) is 4.68 Å². The van der Waals surface area contributed by atoms with Crippen molar-refractivity contribution in [3.8, 4) is 33.4 Å². The first-order valence-electron chi connectivity index (χ1n) is 24.4. The Balaban J connectivity index is 1.12. The minimum Gasteiger partial charge on any atom is -0.263 e. The van der Waals surface area contributed by atoms with Gasteiger partial charge in [0.1, 0.15) is 0 Å². The Hall–Kier alpha value is -8.72. The molecule has 1 aromatic heterocycles. The summed E-state index contributed by atoms with van der Waals surface area (Å²) in [5.74, 6) is 0. The molecule has 332 valence electrons. The minimum absolute atomic E-state index is 0.410. The maximum absolute atomic E-state index is 2.58. The second kappa shape index (κ2) is 16.8. The topological polar surface area (TPSA) is 8.17 Å². The summed E-state index contributed by atoms with van der Waals surface area (Å²) in [6.07, 6.45) is 7.92. The third-order valence-electron chi connectivity index (χ3n) is 15.1. The third kappa shape index (κ3) is 6.78. The van der Waals surface area contributed by atoms with Gasteiger partial charge in [0.05, 0.1) is 16.8 Å². The van der Waals surface area contributed by atoms with Crippen LogP contribution in [-0.2, 0) is 10.8 Å². The lowest BCUT2D eigenvalue weighted by molar-refractivity contribution is 0.535. The zero-order chi connectivity index (χ0) is 46.7. The molecule has 1 heterocycles. The zero-order valence-corrected chi connectivity index (χ0v) is 39.1. The molecule has 2 unspecified atom stereocenters. The Kier molecular flexibility index (Phi) is 9.95. The molecule has 70 heavy (non-hydrogen) atoms. The van der Waals surface area contributed by atoms with Gasteiger partial charge in [-0.15, -0.1) is 0 Å². The first kappa shape index (κ1) is 41.5. The van der Waals surface area contributed by atoms with Crippen molar-refractivity contribution in [2.45, 2.75) is 24.2 Å². The highest BCUT2D eigenvalue weighted by Gasteiger charge is 2.53. The smallest absolute Gasteiger partial charge is 0.0684 e. The summed E-state index contributed by atoms with van der Waals surface area (Å²) in [6.45, 7) is 2.45. The van der Waals surface area contributed by atoms with E-state index in [4.69, 9.17) is 0 Å². The van der Waals surface area contributed by atoms with Crippen molar-refractivity contribution >= 4 is 32.8 Å². The number of allylic oxidation sites excluding steroid dienone is 3. The van der Waals surface area contributed by atoms with E-state index in [1.807, 2.05) is 0 Å². The molecule has 2 nitrogen and oxygen atoms in total. The standard InChI is InChI=1S/C68H50N2/c1-67(56-27-10-4-11-28-56)45-64-66(62-40-36-54(48-19-6-2-7-20-48)44-63(62)68(64,57-29-12-5-13-30-57)58-37-33-50-23-14-15-25-53(50)43-58)65(46-67)70(69-42-41-55(47-69)49-21-8-3-9-22-49)59-38-34-52(35-39-59)61-32-18-26-51-24-16-17-31-60(51)61/h2-44,46-47H,45H2,1H3. The molecule has 0 amide bonds. The molecule has 11 aromatic rings. The first-order valence-corrected chi connectivity index (χ1v) is 24.4. The molecule has 0 radical (unpaired) electrons. The Morgan fingerprint density at radius 2 is 1.01 bits per heavy atom. The van der Waals surface area contributed by atoms with Gasteiger partial charge < -0.3 is 0 Å². The van der Waals surface area contributed by atoms with Crippen LogP contribution in [0.3, 0.4) is 0 Å². The van der Waals surface area contributed by atoms with Crippen LogP contribution in [0.1, 0.15) is 41.2 Å². The fraction of sp³-hybridized carbons (Fsp3) is 0.0588. The van der Waals surface area contributed by atoms with Crippen molar-refractivity contribution in [2.24, 2.45) is 0 Å². The largest absolute Gasteiger partial charge is 0.263 e. The van der Waals surface area contributed by atoms with Crippen LogP contribution in [0.4, 0.5) is 5.69 Å². The molecule has 0 bridgehead atoms. The molecule has 0 saturated heterocycles. The second-order valence-electron chi connectivity index (χ2n) is 19.2. The van der Waals surface area contributed by atoms with Gasteiger partial charge in [-0.25, -0.2) is 5.01 Å². The Morgan fingerprint density at radius 1 is 0.414 bits per heavy atom. The van der Waals surface area contributed by atoms with Crippen molar-refractivity contribution in [3.63, 3.8) is 0 Å².